The van der Waals surface area contributed by atoms with E-state index in [1.165, 1.54) is 0 Å². The van der Waals surface area contributed by atoms with Crippen molar-refractivity contribution in [3.8, 4) is 0 Å². The number of nitrogens with one attached hydrogen (secondary N) is 1. The van der Waals surface area contributed by atoms with Crippen LogP contribution in [0.4, 0.5) is 0 Å². The molecule has 1 rings (SSSR count). The minimum Gasteiger partial charge on any atom is -0.312 e. The van der Waals surface area contributed by atoms with Gasteiger partial charge in [0, 0.05) is 5.54 Å². The summed E-state index contributed by atoms with van der Waals surface area (Å²) in [5.41, 5.74) is 1.30. The molecule has 0 spiro atoms. The predicted molar refractivity (Wildman–Crippen MR) is 81.7 cm³/mol. The minimum absolute atomic E-state index is 0.158. The second-order valence-corrected chi connectivity index (χ2v) is 6.61. The van der Waals surface area contributed by atoms with Crippen LogP contribution < -0.4 is 5.32 Å². The Labute approximate surface area is 121 Å². The zero-order valence-electron chi connectivity index (χ0n) is 11.7. The van der Waals surface area contributed by atoms with E-state index >= 15 is 0 Å². The molecule has 0 aliphatic carbocycles. The van der Waals surface area contributed by atoms with Gasteiger partial charge in [-0.15, -0.1) is 0 Å². The van der Waals surface area contributed by atoms with E-state index in [9.17, 15) is 0 Å². The summed E-state index contributed by atoms with van der Waals surface area (Å²) < 4.78 is 0. The van der Waals surface area contributed by atoms with Gasteiger partial charge in [0.2, 0.25) is 0 Å². The summed E-state index contributed by atoms with van der Waals surface area (Å²) >= 11 is 12.3. The highest BCUT2D eigenvalue weighted by molar-refractivity contribution is 6.42. The molecule has 1 unspecified atom stereocenters. The highest BCUT2D eigenvalue weighted by Gasteiger charge is 2.15. The number of rotatable bonds is 5. The van der Waals surface area contributed by atoms with E-state index in [-0.39, 0.29) is 5.54 Å². The molecule has 1 aromatic carbocycles. The molecule has 0 bridgehead atoms. The van der Waals surface area contributed by atoms with Crippen LogP contribution >= 0.6 is 23.2 Å². The Bertz CT molecular complexity index is 383. The van der Waals surface area contributed by atoms with E-state index in [1.807, 2.05) is 12.1 Å². The van der Waals surface area contributed by atoms with Crippen molar-refractivity contribution < 1.29 is 0 Å². The monoisotopic (exact) mass is 287 g/mol. The Hall–Kier alpha value is -0.240. The van der Waals surface area contributed by atoms with Crippen molar-refractivity contribution in [2.45, 2.75) is 46.1 Å². The third-order valence-corrected chi connectivity index (χ3v) is 3.90. The molecule has 1 nitrogen and oxygen atoms in total. The van der Waals surface area contributed by atoms with E-state index in [4.69, 9.17) is 23.2 Å². The summed E-state index contributed by atoms with van der Waals surface area (Å²) in [6.07, 6.45) is 2.10. The van der Waals surface area contributed by atoms with E-state index in [2.05, 4.69) is 39.1 Å². The number of halogens is 2. The van der Waals surface area contributed by atoms with Gasteiger partial charge in [0.1, 0.15) is 0 Å². The molecule has 0 amide bonds. The summed E-state index contributed by atoms with van der Waals surface area (Å²) in [4.78, 5) is 0. The lowest BCUT2D eigenvalue weighted by molar-refractivity contribution is 0.363. The van der Waals surface area contributed by atoms with E-state index in [1.54, 1.807) is 0 Å². The fourth-order valence-corrected chi connectivity index (χ4v) is 2.23. The highest BCUT2D eigenvalue weighted by Crippen LogP contribution is 2.28. The molecule has 0 aliphatic heterocycles. The SMILES string of the molecule is CCC(CNC(C)(C)C)Cc1cccc(Cl)c1Cl. The van der Waals surface area contributed by atoms with Gasteiger partial charge in [0.25, 0.3) is 0 Å². The summed E-state index contributed by atoms with van der Waals surface area (Å²) in [5.74, 6) is 0.584. The summed E-state index contributed by atoms with van der Waals surface area (Å²) in [6.45, 7) is 9.78. The molecule has 3 heteroatoms. The lowest BCUT2D eigenvalue weighted by atomic mass is 9.95. The van der Waals surface area contributed by atoms with Crippen molar-refractivity contribution in [1.29, 1.82) is 0 Å². The molecular formula is C15H23Cl2N. The van der Waals surface area contributed by atoms with E-state index < -0.39 is 0 Å². The lowest BCUT2D eigenvalue weighted by Crippen LogP contribution is -2.39. The molecule has 1 N–H and O–H groups in total. The average molecular weight is 288 g/mol. The van der Waals surface area contributed by atoms with E-state index in [0.29, 0.717) is 16.0 Å². The molecule has 102 valence electrons. The van der Waals surface area contributed by atoms with E-state index in [0.717, 1.165) is 24.9 Å². The van der Waals surface area contributed by atoms with Crippen molar-refractivity contribution in [3.05, 3.63) is 33.8 Å². The first-order valence-corrected chi connectivity index (χ1v) is 7.27. The molecule has 1 aromatic rings. The van der Waals surface area contributed by atoms with Gasteiger partial charge in [-0.25, -0.2) is 0 Å². The van der Waals surface area contributed by atoms with Gasteiger partial charge >= 0.3 is 0 Å². The zero-order valence-corrected chi connectivity index (χ0v) is 13.2. The Morgan fingerprint density at radius 1 is 1.22 bits per heavy atom. The molecule has 0 fully saturated rings. The maximum Gasteiger partial charge on any atom is 0.0624 e. The van der Waals surface area contributed by atoms with Crippen LogP contribution in [0.3, 0.4) is 0 Å². The van der Waals surface area contributed by atoms with Crippen molar-refractivity contribution in [1.82, 2.24) is 5.32 Å². The van der Waals surface area contributed by atoms with Gasteiger partial charge in [0.15, 0.2) is 0 Å². The minimum atomic E-state index is 0.158. The standard InChI is InChI=1S/C15H23Cl2N/c1-5-11(10-18-15(2,3)4)9-12-7-6-8-13(16)14(12)17/h6-8,11,18H,5,9-10H2,1-4H3. The molecule has 18 heavy (non-hydrogen) atoms. The molecule has 0 radical (unpaired) electrons. The third kappa shape index (κ3) is 5.17. The third-order valence-electron chi connectivity index (χ3n) is 3.04. The fourth-order valence-electron chi connectivity index (χ4n) is 1.83. The van der Waals surface area contributed by atoms with Crippen molar-refractivity contribution in [3.63, 3.8) is 0 Å². The topological polar surface area (TPSA) is 12.0 Å². The zero-order chi connectivity index (χ0) is 13.8. The molecule has 0 saturated carbocycles. The first kappa shape index (κ1) is 15.8. The first-order valence-electron chi connectivity index (χ1n) is 6.51. The molecule has 0 aromatic heterocycles. The Balaban J connectivity index is 2.65. The van der Waals surface area contributed by atoms with Crippen molar-refractivity contribution in [2.24, 2.45) is 5.92 Å². The smallest absolute Gasteiger partial charge is 0.0624 e. The van der Waals surface area contributed by atoms with Crippen LogP contribution in [0.25, 0.3) is 0 Å². The largest absolute Gasteiger partial charge is 0.312 e. The van der Waals surface area contributed by atoms with Crippen molar-refractivity contribution >= 4 is 23.2 Å². The van der Waals surface area contributed by atoms with Crippen LogP contribution in [-0.4, -0.2) is 12.1 Å². The Morgan fingerprint density at radius 3 is 2.44 bits per heavy atom. The molecule has 0 heterocycles. The number of hydrogen-bond acceptors (Lipinski definition) is 1. The van der Waals surface area contributed by atoms with Crippen molar-refractivity contribution in [2.75, 3.05) is 6.54 Å². The van der Waals surface area contributed by atoms with Gasteiger partial charge in [-0.3, -0.25) is 0 Å². The van der Waals surface area contributed by atoms with Crippen LogP contribution in [0.1, 0.15) is 39.7 Å². The van der Waals surface area contributed by atoms with Gasteiger partial charge in [-0.1, -0.05) is 48.7 Å². The maximum absolute atomic E-state index is 6.23. The lowest BCUT2D eigenvalue weighted by Gasteiger charge is -2.25. The van der Waals surface area contributed by atoms with Gasteiger partial charge in [0.05, 0.1) is 10.0 Å². The van der Waals surface area contributed by atoms with Crippen LogP contribution in [0.5, 0.6) is 0 Å². The summed E-state index contributed by atoms with van der Waals surface area (Å²) in [7, 11) is 0. The fraction of sp³-hybridized carbons (Fsp3) is 0.600. The van der Waals surface area contributed by atoms with Gasteiger partial charge < -0.3 is 5.32 Å². The van der Waals surface area contributed by atoms with Crippen LogP contribution in [0, 0.1) is 5.92 Å². The van der Waals surface area contributed by atoms with Crippen LogP contribution in [0.15, 0.2) is 18.2 Å². The molecule has 1 atom stereocenters. The van der Waals surface area contributed by atoms with Crippen LogP contribution in [-0.2, 0) is 6.42 Å². The molecule has 0 saturated heterocycles. The highest BCUT2D eigenvalue weighted by atomic mass is 35.5. The number of benzene rings is 1. The normalized spacial score (nSPS) is 13.7. The van der Waals surface area contributed by atoms with Crippen LogP contribution in [0.2, 0.25) is 10.0 Å². The Kier molecular flexibility index (Phi) is 5.97. The second kappa shape index (κ2) is 6.79. The van der Waals surface area contributed by atoms with Gasteiger partial charge in [-0.2, -0.15) is 0 Å². The summed E-state index contributed by atoms with van der Waals surface area (Å²) in [6, 6.07) is 5.86. The Morgan fingerprint density at radius 2 is 1.89 bits per heavy atom. The summed E-state index contributed by atoms with van der Waals surface area (Å²) in [5, 5.41) is 4.90. The molecule has 0 aliphatic rings. The predicted octanol–water partition coefficient (Wildman–Crippen LogP) is 4.95. The van der Waals surface area contributed by atoms with Gasteiger partial charge in [-0.05, 0) is 51.3 Å². The average Bonchev–Trinajstić information content (AvgIpc) is 2.28. The maximum atomic E-state index is 6.23. The first-order chi connectivity index (χ1) is 8.33. The quantitative estimate of drug-likeness (QED) is 0.808. The molecular weight excluding hydrogens is 265 g/mol. The second-order valence-electron chi connectivity index (χ2n) is 5.82. The number of hydrogen-bond donors (Lipinski definition) is 1.